The molecule has 4 aromatic rings. The van der Waals surface area contributed by atoms with Gasteiger partial charge in [-0.3, -0.25) is 19.4 Å². The van der Waals surface area contributed by atoms with Gasteiger partial charge in [0.15, 0.2) is 0 Å². The highest BCUT2D eigenvalue weighted by atomic mass is 16.2. The Kier molecular flexibility index (Phi) is 5.55. The Morgan fingerprint density at radius 1 is 1.06 bits per heavy atom. The molecule has 4 heterocycles. The molecule has 0 spiro atoms. The quantitative estimate of drug-likeness (QED) is 0.479. The molecular formula is C27H29N5O2. The first kappa shape index (κ1) is 22.1. The van der Waals surface area contributed by atoms with Gasteiger partial charge in [-0.2, -0.15) is 0 Å². The summed E-state index contributed by atoms with van der Waals surface area (Å²) in [5.41, 5.74) is 2.91. The number of hydrogen-bond donors (Lipinski definition) is 1. The van der Waals surface area contributed by atoms with E-state index in [0.717, 1.165) is 17.5 Å². The number of hydrogen-bond acceptors (Lipinski definition) is 4. The molecule has 34 heavy (non-hydrogen) atoms. The molecule has 1 aromatic carbocycles. The summed E-state index contributed by atoms with van der Waals surface area (Å²) in [6.45, 7) is 7.88. The molecule has 1 fully saturated rings. The lowest BCUT2D eigenvalue weighted by molar-refractivity contribution is 0.0620. The number of amides is 1. The van der Waals surface area contributed by atoms with Gasteiger partial charge in [-0.1, -0.05) is 50.2 Å². The van der Waals surface area contributed by atoms with Gasteiger partial charge in [0.1, 0.15) is 16.8 Å². The van der Waals surface area contributed by atoms with Gasteiger partial charge < -0.3 is 9.47 Å². The zero-order valence-corrected chi connectivity index (χ0v) is 19.8. The maximum Gasteiger partial charge on any atom is 0.267 e. The molecule has 5 rings (SSSR count). The topological polar surface area (TPSA) is 83.5 Å². The Balaban J connectivity index is 1.77. The predicted molar refractivity (Wildman–Crippen MR) is 132 cm³/mol. The van der Waals surface area contributed by atoms with Crippen LogP contribution in [0.2, 0.25) is 0 Å². The van der Waals surface area contributed by atoms with Crippen LogP contribution >= 0.6 is 0 Å². The fourth-order valence-corrected chi connectivity index (χ4v) is 5.18. The predicted octanol–water partition coefficient (Wildman–Crippen LogP) is 3.60. The molecule has 1 saturated heterocycles. The van der Waals surface area contributed by atoms with E-state index in [1.165, 1.54) is 4.40 Å². The van der Waals surface area contributed by atoms with Gasteiger partial charge in [-0.15, -0.1) is 0 Å². The van der Waals surface area contributed by atoms with E-state index in [0.29, 0.717) is 48.2 Å². The average Bonchev–Trinajstić information content (AvgIpc) is 2.81. The van der Waals surface area contributed by atoms with Crippen LogP contribution in [0.4, 0.5) is 0 Å². The average molecular weight is 456 g/mol. The molecule has 0 aliphatic carbocycles. The third kappa shape index (κ3) is 3.81. The number of nitrogens with zero attached hydrogens (tertiary/aromatic N) is 4. The molecule has 1 aliphatic rings. The minimum absolute atomic E-state index is 0.0806. The summed E-state index contributed by atoms with van der Waals surface area (Å²) >= 11 is 0. The summed E-state index contributed by atoms with van der Waals surface area (Å²) in [5, 5.41) is 9.37. The van der Waals surface area contributed by atoms with E-state index in [2.05, 4.69) is 13.8 Å². The van der Waals surface area contributed by atoms with E-state index in [1.807, 2.05) is 54.3 Å². The molecule has 1 amide bonds. The fraction of sp³-hybridized carbons (Fsp3) is 0.333. The Labute approximate surface area is 197 Å². The molecular weight excluding hydrogens is 426 g/mol. The van der Waals surface area contributed by atoms with Crippen LogP contribution in [0.5, 0.6) is 0 Å². The van der Waals surface area contributed by atoms with E-state index in [-0.39, 0.29) is 22.5 Å². The number of nitrogens with one attached hydrogen (secondary N) is 1. The van der Waals surface area contributed by atoms with Gasteiger partial charge in [0.05, 0.1) is 17.5 Å². The summed E-state index contributed by atoms with van der Waals surface area (Å²) in [6, 6.07) is 15.1. The Bertz CT molecular complexity index is 1510. The highest BCUT2D eigenvalue weighted by molar-refractivity contribution is 5.97. The minimum Gasteiger partial charge on any atom is -0.338 e. The van der Waals surface area contributed by atoms with E-state index >= 15 is 0 Å². The Morgan fingerprint density at radius 2 is 1.76 bits per heavy atom. The minimum atomic E-state index is -0.236. The van der Waals surface area contributed by atoms with Crippen molar-refractivity contribution in [1.82, 2.24) is 18.9 Å². The fourth-order valence-electron chi connectivity index (χ4n) is 5.18. The lowest BCUT2D eigenvalue weighted by Gasteiger charge is -2.35. The summed E-state index contributed by atoms with van der Waals surface area (Å²) in [6.07, 6.45) is 2.78. The molecule has 0 radical (unpaired) electrons. The summed E-state index contributed by atoms with van der Waals surface area (Å²) in [5.74, 6) is 0.608. The second kappa shape index (κ2) is 8.56. The van der Waals surface area contributed by atoms with Crippen LogP contribution in [0.1, 0.15) is 41.8 Å². The lowest BCUT2D eigenvalue weighted by atomic mass is 9.91. The number of carbonyl (C=O) groups is 1. The monoisotopic (exact) mass is 455 g/mol. The van der Waals surface area contributed by atoms with Crippen molar-refractivity contribution in [2.75, 3.05) is 13.1 Å². The van der Waals surface area contributed by atoms with Crippen molar-refractivity contribution in [2.45, 2.75) is 33.7 Å². The molecule has 0 saturated carbocycles. The highest BCUT2D eigenvalue weighted by Gasteiger charge is 2.28. The SMILES string of the molecule is Cc1cccn2c(=O)c3cc(C(=O)N4CC(C)CC(C)C4)c(=N)n(Cc4ccccc4)c3nc12. The summed E-state index contributed by atoms with van der Waals surface area (Å²) in [7, 11) is 0. The third-order valence-electron chi connectivity index (χ3n) is 6.70. The van der Waals surface area contributed by atoms with Crippen LogP contribution in [-0.4, -0.2) is 37.8 Å². The van der Waals surface area contributed by atoms with Crippen LogP contribution in [0, 0.1) is 24.2 Å². The number of piperidine rings is 1. The number of benzene rings is 1. The van der Waals surface area contributed by atoms with Gasteiger partial charge in [0.25, 0.3) is 11.5 Å². The number of aryl methyl sites for hydroxylation is 1. The van der Waals surface area contributed by atoms with Crippen LogP contribution < -0.4 is 11.0 Å². The van der Waals surface area contributed by atoms with Gasteiger partial charge in [-0.05, 0) is 48.4 Å². The molecule has 0 bridgehead atoms. The first-order chi connectivity index (χ1) is 16.3. The zero-order chi connectivity index (χ0) is 24.0. The van der Waals surface area contributed by atoms with Crippen molar-refractivity contribution in [1.29, 1.82) is 5.41 Å². The molecule has 2 atom stereocenters. The molecule has 7 nitrogen and oxygen atoms in total. The third-order valence-corrected chi connectivity index (χ3v) is 6.70. The number of rotatable bonds is 3. The molecule has 7 heteroatoms. The van der Waals surface area contributed by atoms with Crippen molar-refractivity contribution in [3.05, 3.63) is 87.3 Å². The summed E-state index contributed by atoms with van der Waals surface area (Å²) in [4.78, 5) is 33.8. The number of pyridine rings is 2. The van der Waals surface area contributed by atoms with E-state index < -0.39 is 0 Å². The number of aromatic nitrogens is 3. The number of fused-ring (bicyclic) bond motifs is 2. The van der Waals surface area contributed by atoms with Gasteiger partial charge >= 0.3 is 0 Å². The van der Waals surface area contributed by atoms with Crippen molar-refractivity contribution in [3.63, 3.8) is 0 Å². The standard InChI is InChI=1S/C27H29N5O2/c1-17-12-18(2)15-30(14-17)26(33)21-13-22-25(29-24-19(3)8-7-11-31(24)27(22)34)32(23(21)28)16-20-9-5-4-6-10-20/h4-11,13,17-18,28H,12,14-16H2,1-3H3. The first-order valence-corrected chi connectivity index (χ1v) is 11.8. The second-order valence-electron chi connectivity index (χ2n) is 9.67. The van der Waals surface area contributed by atoms with Crippen LogP contribution in [0.3, 0.4) is 0 Å². The molecule has 3 aromatic heterocycles. The van der Waals surface area contributed by atoms with E-state index in [1.54, 1.807) is 16.8 Å². The molecule has 174 valence electrons. The van der Waals surface area contributed by atoms with Gasteiger partial charge in [-0.25, -0.2) is 4.98 Å². The van der Waals surface area contributed by atoms with Crippen molar-refractivity contribution >= 4 is 22.6 Å². The maximum absolute atomic E-state index is 13.7. The van der Waals surface area contributed by atoms with E-state index in [4.69, 9.17) is 10.4 Å². The van der Waals surface area contributed by atoms with Crippen LogP contribution in [-0.2, 0) is 6.54 Å². The molecule has 2 unspecified atom stereocenters. The van der Waals surface area contributed by atoms with Gasteiger partial charge in [0, 0.05) is 19.3 Å². The molecule has 1 N–H and O–H groups in total. The van der Waals surface area contributed by atoms with Crippen LogP contribution in [0.15, 0.2) is 59.5 Å². The Hall–Kier alpha value is -3.74. The Morgan fingerprint density at radius 3 is 2.47 bits per heavy atom. The normalized spacial score (nSPS) is 18.5. The second-order valence-corrected chi connectivity index (χ2v) is 9.67. The lowest BCUT2D eigenvalue weighted by Crippen LogP contribution is -2.45. The van der Waals surface area contributed by atoms with E-state index in [9.17, 15) is 9.59 Å². The maximum atomic E-state index is 13.7. The van der Waals surface area contributed by atoms with Crippen LogP contribution in [0.25, 0.3) is 16.7 Å². The smallest absolute Gasteiger partial charge is 0.267 e. The highest BCUT2D eigenvalue weighted by Crippen LogP contribution is 2.23. The molecule has 1 aliphatic heterocycles. The van der Waals surface area contributed by atoms with Crippen molar-refractivity contribution in [2.24, 2.45) is 11.8 Å². The summed E-state index contributed by atoms with van der Waals surface area (Å²) < 4.78 is 3.22. The first-order valence-electron chi connectivity index (χ1n) is 11.8. The van der Waals surface area contributed by atoms with Crippen molar-refractivity contribution in [3.8, 4) is 0 Å². The van der Waals surface area contributed by atoms with Gasteiger partial charge in [0.2, 0.25) is 0 Å². The number of carbonyl (C=O) groups excluding carboxylic acids is 1. The largest absolute Gasteiger partial charge is 0.338 e. The zero-order valence-electron chi connectivity index (χ0n) is 19.8. The number of likely N-dealkylation sites (tertiary alicyclic amines) is 1. The van der Waals surface area contributed by atoms with Crippen molar-refractivity contribution < 1.29 is 4.79 Å².